The van der Waals surface area contributed by atoms with E-state index in [2.05, 4.69) is 13.8 Å². The molecule has 1 heterocycles. The van der Waals surface area contributed by atoms with E-state index in [0.29, 0.717) is 23.3 Å². The largest absolute Gasteiger partial charge is 0.486 e. The first kappa shape index (κ1) is 13.3. The van der Waals surface area contributed by atoms with Crippen molar-refractivity contribution in [2.45, 2.75) is 51.2 Å². The Kier molecular flexibility index (Phi) is 3.26. The van der Waals surface area contributed by atoms with Crippen molar-refractivity contribution in [1.82, 2.24) is 0 Å². The Bertz CT molecular complexity index is 488. The molecule has 3 heteroatoms. The van der Waals surface area contributed by atoms with E-state index in [-0.39, 0.29) is 5.60 Å². The highest BCUT2D eigenvalue weighted by Crippen LogP contribution is 2.50. The summed E-state index contributed by atoms with van der Waals surface area (Å²) in [5, 5.41) is 11.1. The molecule has 2 aliphatic rings. The van der Waals surface area contributed by atoms with E-state index in [1.54, 1.807) is 0 Å². The third kappa shape index (κ3) is 2.15. The van der Waals surface area contributed by atoms with Crippen LogP contribution in [0.1, 0.15) is 51.2 Å². The van der Waals surface area contributed by atoms with Crippen LogP contribution in [0.2, 0.25) is 5.02 Å². The summed E-state index contributed by atoms with van der Waals surface area (Å²) in [6.45, 7) is 4.55. The summed E-state index contributed by atoms with van der Waals surface area (Å²) in [4.78, 5) is 0. The normalized spacial score (nSPS) is 37.8. The van der Waals surface area contributed by atoms with Crippen LogP contribution < -0.4 is 4.74 Å². The van der Waals surface area contributed by atoms with Crippen molar-refractivity contribution in [3.05, 3.63) is 28.8 Å². The highest BCUT2D eigenvalue weighted by molar-refractivity contribution is 6.30. The molecule has 1 N–H and O–H groups in total. The molecular formula is C16H21ClO2. The van der Waals surface area contributed by atoms with E-state index >= 15 is 0 Å². The fraction of sp³-hybridized carbons (Fsp3) is 0.625. The minimum Gasteiger partial charge on any atom is -0.486 e. The van der Waals surface area contributed by atoms with Crippen molar-refractivity contribution in [2.24, 2.45) is 11.8 Å². The second-order valence-electron chi connectivity index (χ2n) is 6.23. The van der Waals surface area contributed by atoms with Gasteiger partial charge in [0.25, 0.3) is 0 Å². The maximum atomic E-state index is 10.5. The quantitative estimate of drug-likeness (QED) is 0.765. The van der Waals surface area contributed by atoms with Gasteiger partial charge >= 0.3 is 0 Å². The smallest absolute Gasteiger partial charge is 0.126 e. The van der Waals surface area contributed by atoms with E-state index in [1.807, 2.05) is 18.2 Å². The maximum absolute atomic E-state index is 10.5. The molecule has 2 nitrogen and oxygen atoms in total. The average Bonchev–Trinajstić information content (AvgIpc) is 2.37. The van der Waals surface area contributed by atoms with E-state index in [4.69, 9.17) is 16.3 Å². The van der Waals surface area contributed by atoms with E-state index in [0.717, 1.165) is 17.7 Å². The summed E-state index contributed by atoms with van der Waals surface area (Å²) in [5.74, 6) is 1.93. The molecule has 3 rings (SSSR count). The summed E-state index contributed by atoms with van der Waals surface area (Å²) in [5.41, 5.74) is 0.640. The first-order valence-corrected chi connectivity index (χ1v) is 7.56. The van der Waals surface area contributed by atoms with Gasteiger partial charge in [0.15, 0.2) is 0 Å². The molecule has 4 atom stereocenters. The number of fused-ring (bicyclic) bond motifs is 1. The number of hydrogen-bond donors (Lipinski definition) is 1. The predicted octanol–water partition coefficient (Wildman–Crippen LogP) is 4.35. The molecule has 1 aromatic rings. The second-order valence-corrected chi connectivity index (χ2v) is 6.66. The van der Waals surface area contributed by atoms with Gasteiger partial charge in [-0.25, -0.2) is 0 Å². The first-order chi connectivity index (χ1) is 9.02. The third-order valence-corrected chi connectivity index (χ3v) is 5.36. The number of benzene rings is 1. The van der Waals surface area contributed by atoms with Crippen molar-refractivity contribution < 1.29 is 9.84 Å². The standard InChI is InChI=1S/C16H21ClO2/c1-10-4-3-7-16(11(10)2)9-14(18)13-8-12(17)5-6-15(13)19-16/h5-6,8,10-11,14,18H,3-4,7,9H2,1-2H3/t10?,11?,14-,16?/m1/s1. The zero-order valence-corrected chi connectivity index (χ0v) is 12.3. The number of hydrogen-bond acceptors (Lipinski definition) is 2. The van der Waals surface area contributed by atoms with Crippen LogP contribution in [-0.4, -0.2) is 10.7 Å². The van der Waals surface area contributed by atoms with Gasteiger partial charge in [-0.2, -0.15) is 0 Å². The van der Waals surface area contributed by atoms with Gasteiger partial charge in [-0.05, 0) is 42.9 Å². The molecule has 1 aromatic carbocycles. The van der Waals surface area contributed by atoms with Gasteiger partial charge in [-0.1, -0.05) is 31.9 Å². The molecule has 0 radical (unpaired) electrons. The number of halogens is 1. The lowest BCUT2D eigenvalue weighted by Gasteiger charge is -2.49. The van der Waals surface area contributed by atoms with Gasteiger partial charge in [-0.15, -0.1) is 0 Å². The van der Waals surface area contributed by atoms with Crippen LogP contribution in [-0.2, 0) is 0 Å². The van der Waals surface area contributed by atoms with Crippen molar-refractivity contribution in [1.29, 1.82) is 0 Å². The molecule has 1 fully saturated rings. The van der Waals surface area contributed by atoms with Crippen LogP contribution >= 0.6 is 11.6 Å². The van der Waals surface area contributed by atoms with Crippen LogP contribution in [0.3, 0.4) is 0 Å². The Morgan fingerprint density at radius 3 is 2.95 bits per heavy atom. The Morgan fingerprint density at radius 2 is 2.16 bits per heavy atom. The molecule has 104 valence electrons. The molecule has 1 saturated carbocycles. The highest BCUT2D eigenvalue weighted by Gasteiger charge is 2.48. The zero-order chi connectivity index (χ0) is 13.6. The monoisotopic (exact) mass is 280 g/mol. The molecule has 1 aliphatic carbocycles. The topological polar surface area (TPSA) is 29.5 Å². The van der Waals surface area contributed by atoms with Gasteiger partial charge in [0.05, 0.1) is 6.10 Å². The van der Waals surface area contributed by atoms with Gasteiger partial charge in [0.1, 0.15) is 11.4 Å². The summed E-state index contributed by atoms with van der Waals surface area (Å²) < 4.78 is 6.35. The molecule has 1 spiro atoms. The molecule has 0 saturated heterocycles. The van der Waals surface area contributed by atoms with Gasteiger partial charge in [-0.3, -0.25) is 0 Å². The molecule has 3 unspecified atom stereocenters. The lowest BCUT2D eigenvalue weighted by molar-refractivity contribution is -0.0879. The minimum atomic E-state index is -0.463. The summed E-state index contributed by atoms with van der Waals surface area (Å²) in [6.07, 6.45) is 3.70. The SMILES string of the molecule is CC1CCCC2(C[C@@H](O)c3cc(Cl)ccc3O2)C1C. The lowest BCUT2D eigenvalue weighted by atomic mass is 9.67. The molecule has 1 aliphatic heterocycles. The number of ether oxygens (including phenoxy) is 1. The fourth-order valence-corrected chi connectivity index (χ4v) is 3.90. The van der Waals surface area contributed by atoms with E-state index in [9.17, 15) is 5.11 Å². The zero-order valence-electron chi connectivity index (χ0n) is 11.5. The van der Waals surface area contributed by atoms with Gasteiger partial charge in [0.2, 0.25) is 0 Å². The van der Waals surface area contributed by atoms with E-state index < -0.39 is 6.10 Å². The van der Waals surface area contributed by atoms with Crippen LogP contribution in [0.5, 0.6) is 5.75 Å². The average molecular weight is 281 g/mol. The maximum Gasteiger partial charge on any atom is 0.126 e. The van der Waals surface area contributed by atoms with E-state index in [1.165, 1.54) is 12.8 Å². The second kappa shape index (κ2) is 4.68. The summed E-state index contributed by atoms with van der Waals surface area (Å²) >= 11 is 6.00. The molecule has 0 amide bonds. The van der Waals surface area contributed by atoms with Crippen LogP contribution in [0.25, 0.3) is 0 Å². The van der Waals surface area contributed by atoms with Crippen molar-refractivity contribution in [3.8, 4) is 5.75 Å². The Labute approximate surface area is 119 Å². The van der Waals surface area contributed by atoms with Crippen molar-refractivity contribution >= 4 is 11.6 Å². The predicted molar refractivity (Wildman–Crippen MR) is 76.6 cm³/mol. The van der Waals surface area contributed by atoms with Crippen molar-refractivity contribution in [3.63, 3.8) is 0 Å². The lowest BCUT2D eigenvalue weighted by Crippen LogP contribution is -2.50. The molecule has 0 aromatic heterocycles. The molecular weight excluding hydrogens is 260 g/mol. The van der Waals surface area contributed by atoms with Crippen LogP contribution in [0.15, 0.2) is 18.2 Å². The van der Waals surface area contributed by atoms with Crippen LogP contribution in [0.4, 0.5) is 0 Å². The van der Waals surface area contributed by atoms with Crippen LogP contribution in [0, 0.1) is 11.8 Å². The first-order valence-electron chi connectivity index (χ1n) is 7.18. The number of aliphatic hydroxyl groups is 1. The van der Waals surface area contributed by atoms with Gasteiger partial charge < -0.3 is 9.84 Å². The number of rotatable bonds is 0. The summed E-state index contributed by atoms with van der Waals surface area (Å²) in [7, 11) is 0. The molecule has 19 heavy (non-hydrogen) atoms. The Morgan fingerprint density at radius 1 is 1.37 bits per heavy atom. The molecule has 0 bridgehead atoms. The summed E-state index contributed by atoms with van der Waals surface area (Å²) in [6, 6.07) is 5.56. The minimum absolute atomic E-state index is 0.197. The highest BCUT2D eigenvalue weighted by atomic mass is 35.5. The Balaban J connectivity index is 1.98. The fourth-order valence-electron chi connectivity index (χ4n) is 3.72. The number of aliphatic hydroxyl groups excluding tert-OH is 1. The van der Waals surface area contributed by atoms with Crippen molar-refractivity contribution in [2.75, 3.05) is 0 Å². The third-order valence-electron chi connectivity index (χ3n) is 5.13. The Hall–Kier alpha value is -0.730. The van der Waals surface area contributed by atoms with Gasteiger partial charge in [0, 0.05) is 17.0 Å².